The maximum Gasteiger partial charge on any atom is 0.163 e. The van der Waals surface area contributed by atoms with Crippen LogP contribution in [0.5, 0.6) is 11.5 Å². The number of nitrogens with zero attached hydrogens (tertiary/aromatic N) is 3. The normalized spacial score (nSPS) is 15.5. The summed E-state index contributed by atoms with van der Waals surface area (Å²) in [5.74, 6) is 1.94. The first-order chi connectivity index (χ1) is 14.7. The van der Waals surface area contributed by atoms with E-state index in [-0.39, 0.29) is 19.3 Å². The first kappa shape index (κ1) is 20.8. The molecule has 0 aliphatic carbocycles. The van der Waals surface area contributed by atoms with Crippen molar-refractivity contribution in [2.45, 2.75) is 6.10 Å². The molecule has 2 heterocycles. The average molecular weight is 475 g/mol. The summed E-state index contributed by atoms with van der Waals surface area (Å²) in [6.07, 6.45) is 1.31. The highest BCUT2D eigenvalue weighted by Gasteiger charge is 2.24. The summed E-state index contributed by atoms with van der Waals surface area (Å²) in [6.45, 7) is 1.93. The molecule has 0 amide bonds. The molecule has 1 atom stereocenters. The smallest absolute Gasteiger partial charge is 0.163 e. The van der Waals surface area contributed by atoms with E-state index < -0.39 is 0 Å². The number of hydrogen-bond donors (Lipinski definition) is 3. The summed E-state index contributed by atoms with van der Waals surface area (Å²) in [6, 6.07) is 11.6. The first-order valence-electron chi connectivity index (χ1n) is 9.71. The summed E-state index contributed by atoms with van der Waals surface area (Å²) in [5, 5.41) is 22.6. The molecule has 3 aromatic rings. The summed E-state index contributed by atoms with van der Waals surface area (Å²) in [7, 11) is 0. The van der Waals surface area contributed by atoms with Gasteiger partial charge < -0.3 is 25.0 Å². The Bertz CT molecular complexity index is 1010. The minimum Gasteiger partial charge on any atom is -0.486 e. The Labute approximate surface area is 182 Å². The van der Waals surface area contributed by atoms with E-state index in [1.165, 1.54) is 6.33 Å². The molecule has 1 unspecified atom stereocenters. The molecule has 9 heteroatoms. The summed E-state index contributed by atoms with van der Waals surface area (Å²) in [5.41, 5.74) is 1.66. The quantitative estimate of drug-likeness (QED) is 0.457. The van der Waals surface area contributed by atoms with E-state index in [0.29, 0.717) is 43.6 Å². The lowest BCUT2D eigenvalue weighted by Crippen LogP contribution is -2.43. The van der Waals surface area contributed by atoms with Crippen LogP contribution in [0.2, 0.25) is 0 Å². The van der Waals surface area contributed by atoms with Gasteiger partial charge in [-0.3, -0.25) is 4.90 Å². The molecule has 30 heavy (non-hydrogen) atoms. The summed E-state index contributed by atoms with van der Waals surface area (Å²) in [4.78, 5) is 10.7. The fraction of sp³-hybridized carbons (Fsp3) is 0.333. The van der Waals surface area contributed by atoms with Crippen molar-refractivity contribution >= 4 is 38.3 Å². The molecular formula is C21H23BrN4O4. The zero-order valence-corrected chi connectivity index (χ0v) is 17.9. The van der Waals surface area contributed by atoms with Crippen LogP contribution >= 0.6 is 15.9 Å². The predicted octanol–water partition coefficient (Wildman–Crippen LogP) is 2.56. The van der Waals surface area contributed by atoms with Crippen LogP contribution in [-0.4, -0.2) is 70.6 Å². The number of aliphatic hydroxyl groups is 2. The van der Waals surface area contributed by atoms with Crippen LogP contribution in [0.4, 0.5) is 11.5 Å². The second-order valence-electron chi connectivity index (χ2n) is 6.97. The lowest BCUT2D eigenvalue weighted by molar-refractivity contribution is 0.0483. The lowest BCUT2D eigenvalue weighted by Gasteiger charge is -2.31. The number of fused-ring (bicyclic) bond motifs is 2. The van der Waals surface area contributed by atoms with Crippen LogP contribution < -0.4 is 14.8 Å². The Hall–Kier alpha value is -2.46. The monoisotopic (exact) mass is 474 g/mol. The third-order valence-corrected chi connectivity index (χ3v) is 5.29. The van der Waals surface area contributed by atoms with Gasteiger partial charge in [0.25, 0.3) is 0 Å². The minimum atomic E-state index is -0.209. The van der Waals surface area contributed by atoms with E-state index in [1.54, 1.807) is 0 Å². The van der Waals surface area contributed by atoms with Gasteiger partial charge in [-0.15, -0.1) is 0 Å². The van der Waals surface area contributed by atoms with Crippen LogP contribution in [0.3, 0.4) is 0 Å². The van der Waals surface area contributed by atoms with Crippen molar-refractivity contribution in [1.29, 1.82) is 0 Å². The average Bonchev–Trinajstić information content (AvgIpc) is 2.73. The number of aromatic nitrogens is 2. The Morgan fingerprint density at radius 1 is 1.10 bits per heavy atom. The zero-order valence-electron chi connectivity index (χ0n) is 16.3. The zero-order chi connectivity index (χ0) is 20.9. The summed E-state index contributed by atoms with van der Waals surface area (Å²) < 4.78 is 13.0. The lowest BCUT2D eigenvalue weighted by atomic mass is 10.1. The topological polar surface area (TPSA) is 100.0 Å². The van der Waals surface area contributed by atoms with Gasteiger partial charge in [0, 0.05) is 41.2 Å². The molecule has 1 aliphatic heterocycles. The van der Waals surface area contributed by atoms with Crippen molar-refractivity contribution in [3.63, 3.8) is 0 Å². The summed E-state index contributed by atoms with van der Waals surface area (Å²) >= 11 is 3.48. The van der Waals surface area contributed by atoms with E-state index >= 15 is 0 Å². The Kier molecular flexibility index (Phi) is 6.63. The standard InChI is InChI=1S/C21H23BrN4O4/c22-14-2-1-3-15(8-14)25-21-17-9-20-19(10-18(17)23-13-24-21)29-12-16(30-20)11-26(4-6-27)5-7-28/h1-3,8-10,13,16,27-28H,4-7,11-12H2,(H,23,24,25). The highest BCUT2D eigenvalue weighted by atomic mass is 79.9. The second-order valence-corrected chi connectivity index (χ2v) is 7.89. The van der Waals surface area contributed by atoms with Crippen molar-refractivity contribution < 1.29 is 19.7 Å². The number of halogens is 1. The predicted molar refractivity (Wildman–Crippen MR) is 117 cm³/mol. The Morgan fingerprint density at radius 2 is 1.93 bits per heavy atom. The van der Waals surface area contributed by atoms with Crippen molar-refractivity contribution in [1.82, 2.24) is 14.9 Å². The van der Waals surface area contributed by atoms with Gasteiger partial charge in [-0.1, -0.05) is 22.0 Å². The first-order valence-corrected chi connectivity index (χ1v) is 10.5. The molecule has 0 fully saturated rings. The number of aliphatic hydroxyl groups excluding tert-OH is 2. The van der Waals surface area contributed by atoms with Crippen molar-refractivity contribution in [2.24, 2.45) is 0 Å². The highest BCUT2D eigenvalue weighted by molar-refractivity contribution is 9.10. The molecule has 8 nitrogen and oxygen atoms in total. The van der Waals surface area contributed by atoms with Gasteiger partial charge in [-0.25, -0.2) is 9.97 Å². The molecule has 2 aromatic carbocycles. The Morgan fingerprint density at radius 3 is 2.70 bits per heavy atom. The molecule has 4 rings (SSSR count). The molecule has 3 N–H and O–H groups in total. The Balaban J connectivity index is 1.58. The van der Waals surface area contributed by atoms with Crippen LogP contribution in [0.1, 0.15) is 0 Å². The van der Waals surface area contributed by atoms with Crippen molar-refractivity contribution in [3.8, 4) is 11.5 Å². The van der Waals surface area contributed by atoms with E-state index in [9.17, 15) is 10.2 Å². The van der Waals surface area contributed by atoms with Crippen LogP contribution in [0.15, 0.2) is 47.2 Å². The number of ether oxygens (including phenoxy) is 2. The second kappa shape index (κ2) is 9.57. The molecule has 0 saturated carbocycles. The number of rotatable bonds is 8. The van der Waals surface area contributed by atoms with E-state index in [0.717, 1.165) is 21.1 Å². The van der Waals surface area contributed by atoms with Gasteiger partial charge in [0.15, 0.2) is 11.5 Å². The van der Waals surface area contributed by atoms with Gasteiger partial charge in [-0.05, 0) is 24.3 Å². The number of nitrogens with one attached hydrogen (secondary N) is 1. The third-order valence-electron chi connectivity index (χ3n) is 4.80. The fourth-order valence-corrected chi connectivity index (χ4v) is 3.82. The van der Waals surface area contributed by atoms with E-state index in [1.807, 2.05) is 41.3 Å². The van der Waals surface area contributed by atoms with E-state index in [2.05, 4.69) is 31.2 Å². The molecule has 0 saturated heterocycles. The molecule has 158 valence electrons. The minimum absolute atomic E-state index is 0.0246. The SMILES string of the molecule is OCCN(CCO)CC1COc2cc3ncnc(Nc4cccc(Br)c4)c3cc2O1. The molecule has 1 aromatic heterocycles. The number of anilines is 2. The third kappa shape index (κ3) is 4.81. The fourth-order valence-electron chi connectivity index (χ4n) is 3.42. The van der Waals surface area contributed by atoms with Crippen LogP contribution in [0, 0.1) is 0 Å². The van der Waals surface area contributed by atoms with E-state index in [4.69, 9.17) is 9.47 Å². The molecule has 0 bridgehead atoms. The van der Waals surface area contributed by atoms with Crippen molar-refractivity contribution in [3.05, 3.63) is 47.2 Å². The van der Waals surface area contributed by atoms with Gasteiger partial charge in [0.05, 0.1) is 18.7 Å². The maximum absolute atomic E-state index is 9.22. The van der Waals surface area contributed by atoms with Gasteiger partial charge in [-0.2, -0.15) is 0 Å². The number of hydrogen-bond acceptors (Lipinski definition) is 8. The molecule has 0 spiro atoms. The van der Waals surface area contributed by atoms with Crippen molar-refractivity contribution in [2.75, 3.05) is 44.8 Å². The number of benzene rings is 2. The van der Waals surface area contributed by atoms with Gasteiger partial charge in [0.1, 0.15) is 24.9 Å². The molecule has 0 radical (unpaired) electrons. The van der Waals surface area contributed by atoms with Crippen LogP contribution in [0.25, 0.3) is 10.9 Å². The molecule has 1 aliphatic rings. The van der Waals surface area contributed by atoms with Gasteiger partial charge >= 0.3 is 0 Å². The van der Waals surface area contributed by atoms with Crippen LogP contribution in [-0.2, 0) is 0 Å². The maximum atomic E-state index is 9.22. The molecular weight excluding hydrogens is 452 g/mol. The highest BCUT2D eigenvalue weighted by Crippen LogP contribution is 2.37. The largest absolute Gasteiger partial charge is 0.486 e. The van der Waals surface area contributed by atoms with Gasteiger partial charge in [0.2, 0.25) is 0 Å².